The van der Waals surface area contributed by atoms with Crippen LogP contribution in [0.2, 0.25) is 5.02 Å². The summed E-state index contributed by atoms with van der Waals surface area (Å²) in [6, 6.07) is 23.1. The predicted octanol–water partition coefficient (Wildman–Crippen LogP) is 9.39. The molecule has 1 fully saturated rings. The van der Waals surface area contributed by atoms with Crippen molar-refractivity contribution >= 4 is 23.4 Å². The van der Waals surface area contributed by atoms with E-state index in [-0.39, 0.29) is 23.3 Å². The number of hydrogen-bond acceptors (Lipinski definition) is 8. The maximum absolute atomic E-state index is 12.9. The van der Waals surface area contributed by atoms with Gasteiger partial charge in [0.15, 0.2) is 11.6 Å². The average Bonchev–Trinajstić information content (AvgIpc) is 3.65. The summed E-state index contributed by atoms with van der Waals surface area (Å²) in [6.07, 6.45) is -2.24. The Bertz CT molecular complexity index is 2440. The first kappa shape index (κ1) is 42.6. The minimum atomic E-state index is -4.42. The van der Waals surface area contributed by atoms with Crippen molar-refractivity contribution in [1.82, 2.24) is 51.0 Å². The van der Waals surface area contributed by atoms with E-state index < -0.39 is 17.3 Å². The van der Waals surface area contributed by atoms with Crippen LogP contribution in [0.25, 0.3) is 33.6 Å². The fourth-order valence-corrected chi connectivity index (χ4v) is 6.22. The highest BCUT2D eigenvalue weighted by atomic mass is 35.5. The lowest BCUT2D eigenvalue weighted by molar-refractivity contribution is -0.137. The molecule has 2 amide bonds. The number of rotatable bonds is 8. The van der Waals surface area contributed by atoms with Crippen LogP contribution in [0.1, 0.15) is 118 Å². The van der Waals surface area contributed by atoms with E-state index in [1.165, 1.54) is 16.8 Å². The van der Waals surface area contributed by atoms with Gasteiger partial charge in [0, 0.05) is 39.1 Å². The normalized spacial score (nSPS) is 13.2. The predicted molar refractivity (Wildman–Crippen MR) is 220 cm³/mol. The van der Waals surface area contributed by atoms with E-state index in [1.807, 2.05) is 97.9 Å². The monoisotopic (exact) mass is 826 g/mol. The Kier molecular flexibility index (Phi) is 12.1. The molecule has 2 N–H and O–H groups in total. The average molecular weight is 827 g/mol. The molecule has 0 spiro atoms. The molecule has 0 aliphatic heterocycles. The van der Waals surface area contributed by atoms with E-state index in [4.69, 9.17) is 11.6 Å². The van der Waals surface area contributed by atoms with Crippen LogP contribution < -0.4 is 10.6 Å². The van der Waals surface area contributed by atoms with Gasteiger partial charge in [0.25, 0.3) is 11.8 Å². The van der Waals surface area contributed by atoms with Gasteiger partial charge in [0.1, 0.15) is 0 Å². The first-order chi connectivity index (χ1) is 27.6. The van der Waals surface area contributed by atoms with Crippen LogP contribution in [-0.2, 0) is 6.18 Å². The molecule has 2 aromatic heterocycles. The molecule has 1 saturated carbocycles. The summed E-state index contributed by atoms with van der Waals surface area (Å²) >= 11 is 6.03. The Morgan fingerprint density at radius 3 is 1.58 bits per heavy atom. The highest BCUT2D eigenvalue weighted by Gasteiger charge is 2.31. The largest absolute Gasteiger partial charge is 0.416 e. The Morgan fingerprint density at radius 2 is 1.12 bits per heavy atom. The molecule has 6 aromatic rings. The first-order valence-electron chi connectivity index (χ1n) is 19.1. The zero-order valence-electron chi connectivity index (χ0n) is 34.1. The number of alkyl halides is 3. The van der Waals surface area contributed by atoms with Crippen LogP contribution in [0.15, 0.2) is 84.9 Å². The second-order valence-electron chi connectivity index (χ2n) is 16.9. The number of aromatic nitrogens is 8. The van der Waals surface area contributed by atoms with Crippen molar-refractivity contribution in [2.45, 2.75) is 97.3 Å². The zero-order valence-corrected chi connectivity index (χ0v) is 34.8. The van der Waals surface area contributed by atoms with Crippen molar-refractivity contribution in [1.29, 1.82) is 0 Å². The number of carbonyl (C=O) groups excluding carboxylic acids is 2. The highest BCUT2D eigenvalue weighted by Crippen LogP contribution is 2.39. The zero-order chi connectivity index (χ0) is 42.9. The number of nitrogens with zero attached hydrogens (tertiary/aromatic N) is 8. The number of tetrazole rings is 2. The summed E-state index contributed by atoms with van der Waals surface area (Å²) in [5, 5.41) is 30.6. The third-order valence-electron chi connectivity index (χ3n) is 9.00. The van der Waals surface area contributed by atoms with Gasteiger partial charge in [-0.25, -0.2) is 0 Å². The van der Waals surface area contributed by atoms with Gasteiger partial charge >= 0.3 is 6.18 Å². The fraction of sp³-hybridized carbons (Fsp3) is 0.349. The molecule has 1 aliphatic rings. The number of amides is 2. The lowest BCUT2D eigenvalue weighted by Gasteiger charge is -2.21. The van der Waals surface area contributed by atoms with Crippen molar-refractivity contribution < 1.29 is 22.8 Å². The van der Waals surface area contributed by atoms with Gasteiger partial charge in [-0.05, 0) is 158 Å². The third-order valence-corrected chi connectivity index (χ3v) is 9.25. The van der Waals surface area contributed by atoms with Gasteiger partial charge < -0.3 is 10.6 Å². The standard InChI is InChI=1S/C22H24F3N5O.C21H22ClN5O/c1-13(2)19-27-28-29-30(19)18-11-15(10-16(12-18)20(31)26-21(3,4)5)14-6-8-17(9-7-14)22(23,24)25;1-21(2,3)23-20(28)16-10-15(13-6-8-17(22)9-7-13)11-18(12-16)27-19(14-4-5-14)24-25-26-27/h6-13H,1-5H3,(H,26,31);6-12,14H,4-5H2,1-3H3,(H,23,28). The summed E-state index contributed by atoms with van der Waals surface area (Å²) in [5.41, 5.74) is 3.71. The van der Waals surface area contributed by atoms with Crippen LogP contribution in [-0.4, -0.2) is 63.3 Å². The van der Waals surface area contributed by atoms with Crippen LogP contribution in [0, 0.1) is 0 Å². The Morgan fingerprint density at radius 1 is 0.661 bits per heavy atom. The van der Waals surface area contributed by atoms with E-state index in [2.05, 4.69) is 41.7 Å². The maximum Gasteiger partial charge on any atom is 0.416 e. The van der Waals surface area contributed by atoms with E-state index in [9.17, 15) is 22.8 Å². The number of carbonyl (C=O) groups is 2. The SMILES string of the molecule is CC(C)(C)NC(=O)c1cc(-c2ccc(Cl)cc2)cc(-n2nnnc2C2CC2)c1.CC(C)c1nnnn1-c1cc(C(=O)NC(C)(C)C)cc(-c2ccc(C(F)(F)F)cc2)c1. The van der Waals surface area contributed by atoms with Crippen LogP contribution in [0.4, 0.5) is 13.2 Å². The molecule has 7 rings (SSSR count). The van der Waals surface area contributed by atoms with Gasteiger partial charge in [-0.3, -0.25) is 9.59 Å². The number of hydrogen-bond donors (Lipinski definition) is 2. The van der Waals surface area contributed by atoms with Crippen LogP contribution in [0.3, 0.4) is 0 Å². The molecule has 16 heteroatoms. The van der Waals surface area contributed by atoms with E-state index >= 15 is 0 Å². The van der Waals surface area contributed by atoms with Crippen molar-refractivity contribution in [2.24, 2.45) is 0 Å². The molecule has 0 radical (unpaired) electrons. The molecule has 0 atom stereocenters. The van der Waals surface area contributed by atoms with Gasteiger partial charge in [-0.2, -0.15) is 22.5 Å². The van der Waals surface area contributed by atoms with Crippen molar-refractivity contribution in [3.8, 4) is 33.6 Å². The molecule has 4 aromatic carbocycles. The second kappa shape index (κ2) is 16.7. The molecule has 0 saturated heterocycles. The first-order valence-corrected chi connectivity index (χ1v) is 19.5. The molecule has 12 nitrogen and oxygen atoms in total. The maximum atomic E-state index is 12.9. The summed E-state index contributed by atoms with van der Waals surface area (Å²) < 4.78 is 42.1. The van der Waals surface area contributed by atoms with Crippen LogP contribution in [0.5, 0.6) is 0 Å². The molecule has 0 bridgehead atoms. The van der Waals surface area contributed by atoms with Gasteiger partial charge in [0.05, 0.1) is 16.9 Å². The van der Waals surface area contributed by atoms with Crippen molar-refractivity contribution in [3.63, 3.8) is 0 Å². The Hall–Kier alpha value is -5.96. The quantitative estimate of drug-likeness (QED) is 0.154. The van der Waals surface area contributed by atoms with Crippen molar-refractivity contribution in [3.05, 3.63) is 118 Å². The summed E-state index contributed by atoms with van der Waals surface area (Å²) in [6.45, 7) is 15.4. The number of halogens is 4. The van der Waals surface area contributed by atoms with Crippen LogP contribution >= 0.6 is 11.6 Å². The lowest BCUT2D eigenvalue weighted by Crippen LogP contribution is -2.40. The lowest BCUT2D eigenvalue weighted by atomic mass is 9.99. The van der Waals surface area contributed by atoms with E-state index in [0.29, 0.717) is 44.7 Å². The number of nitrogens with one attached hydrogen (secondary N) is 2. The Balaban J connectivity index is 0.000000199. The van der Waals surface area contributed by atoms with E-state index in [0.717, 1.165) is 47.6 Å². The highest BCUT2D eigenvalue weighted by molar-refractivity contribution is 6.30. The van der Waals surface area contributed by atoms with Crippen molar-refractivity contribution in [2.75, 3.05) is 0 Å². The van der Waals surface area contributed by atoms with Gasteiger partial charge in [-0.15, -0.1) is 10.2 Å². The topological polar surface area (TPSA) is 145 Å². The van der Waals surface area contributed by atoms with Gasteiger partial charge in [-0.1, -0.05) is 49.7 Å². The fourth-order valence-electron chi connectivity index (χ4n) is 6.09. The third kappa shape index (κ3) is 11.0. The molecule has 1 aliphatic carbocycles. The minimum absolute atomic E-state index is 0.0246. The molecular weight excluding hydrogens is 781 g/mol. The van der Waals surface area contributed by atoms with Gasteiger partial charge in [0.2, 0.25) is 0 Å². The smallest absolute Gasteiger partial charge is 0.347 e. The molecule has 2 heterocycles. The summed E-state index contributed by atoms with van der Waals surface area (Å²) in [7, 11) is 0. The minimum Gasteiger partial charge on any atom is -0.347 e. The second-order valence-corrected chi connectivity index (χ2v) is 17.3. The summed E-state index contributed by atoms with van der Waals surface area (Å²) in [5.74, 6) is 1.42. The summed E-state index contributed by atoms with van der Waals surface area (Å²) in [4.78, 5) is 25.7. The molecular formula is C43H46ClF3N10O2. The number of benzene rings is 4. The van der Waals surface area contributed by atoms with E-state index in [1.54, 1.807) is 22.9 Å². The Labute approximate surface area is 345 Å². The molecule has 308 valence electrons. The molecule has 59 heavy (non-hydrogen) atoms. The molecule has 0 unspecified atom stereocenters.